The third kappa shape index (κ3) is 3.41. The molecule has 0 aliphatic heterocycles. The van der Waals surface area contributed by atoms with Gasteiger partial charge in [0.1, 0.15) is 0 Å². The largest absolute Gasteiger partial charge is 0.333 e. The predicted octanol–water partition coefficient (Wildman–Crippen LogP) is 3.83. The van der Waals surface area contributed by atoms with Gasteiger partial charge < -0.3 is 5.32 Å². The lowest BCUT2D eigenvalue weighted by Crippen LogP contribution is -2.35. The van der Waals surface area contributed by atoms with Crippen LogP contribution < -0.4 is 10.0 Å². The zero-order valence-corrected chi connectivity index (χ0v) is 18.3. The van der Waals surface area contributed by atoms with Crippen molar-refractivity contribution in [3.63, 3.8) is 0 Å². The number of amides is 2. The van der Waals surface area contributed by atoms with Crippen molar-refractivity contribution < 1.29 is 13.2 Å². The van der Waals surface area contributed by atoms with Gasteiger partial charge in [0.15, 0.2) is 5.03 Å². The van der Waals surface area contributed by atoms with E-state index in [9.17, 15) is 13.2 Å². The Morgan fingerprint density at radius 1 is 1.07 bits per heavy atom. The first-order chi connectivity index (χ1) is 14.3. The highest BCUT2D eigenvalue weighted by Crippen LogP contribution is 2.39. The fourth-order valence-corrected chi connectivity index (χ4v) is 5.71. The maximum Gasteiger partial charge on any atom is 0.333 e. The number of benzene rings is 1. The molecule has 1 fully saturated rings. The summed E-state index contributed by atoms with van der Waals surface area (Å²) in [5, 5.41) is 7.12. The van der Waals surface area contributed by atoms with Crippen LogP contribution in [0.5, 0.6) is 0 Å². The predicted molar refractivity (Wildman–Crippen MR) is 114 cm³/mol. The van der Waals surface area contributed by atoms with Crippen LogP contribution in [0.1, 0.15) is 79.4 Å². The lowest BCUT2D eigenvalue weighted by molar-refractivity contribution is 0.256. The summed E-state index contributed by atoms with van der Waals surface area (Å²) >= 11 is 0. The summed E-state index contributed by atoms with van der Waals surface area (Å²) in [6, 6.07) is 3.44. The second kappa shape index (κ2) is 7.11. The molecule has 0 saturated heterocycles. The molecule has 8 heteroatoms. The molecule has 0 radical (unpaired) electrons. The Morgan fingerprint density at radius 2 is 1.70 bits per heavy atom. The highest BCUT2D eigenvalue weighted by molar-refractivity contribution is 7.90. The van der Waals surface area contributed by atoms with Gasteiger partial charge in [-0.1, -0.05) is 19.9 Å². The molecule has 0 atom stereocenters. The van der Waals surface area contributed by atoms with E-state index in [-0.39, 0.29) is 17.0 Å². The van der Waals surface area contributed by atoms with Crippen molar-refractivity contribution in [2.45, 2.75) is 82.2 Å². The maximum atomic E-state index is 12.9. The number of sulfonamides is 1. The Morgan fingerprint density at radius 3 is 2.27 bits per heavy atom. The highest BCUT2D eigenvalue weighted by Gasteiger charge is 2.32. The number of fused-ring (bicyclic) bond motifs is 2. The minimum atomic E-state index is -4.04. The van der Waals surface area contributed by atoms with Gasteiger partial charge in [0.25, 0.3) is 10.0 Å². The van der Waals surface area contributed by atoms with Crippen LogP contribution in [-0.2, 0) is 35.7 Å². The molecule has 160 valence electrons. The fraction of sp³-hybridized carbons (Fsp3) is 0.545. The van der Waals surface area contributed by atoms with E-state index in [1.807, 2.05) is 18.5 Å². The SMILES string of the molecule is CC(C)c1cc(S(=O)(=O)NC(=O)Nc2c3c(cc4c2CCC4)CCC3)nn1C1CC1. The van der Waals surface area contributed by atoms with E-state index in [0.29, 0.717) is 0 Å². The topological polar surface area (TPSA) is 93.1 Å². The molecule has 3 aliphatic carbocycles. The summed E-state index contributed by atoms with van der Waals surface area (Å²) in [7, 11) is -4.04. The maximum absolute atomic E-state index is 12.9. The first-order valence-electron chi connectivity index (χ1n) is 10.9. The number of nitrogens with zero attached hydrogens (tertiary/aromatic N) is 2. The zero-order valence-electron chi connectivity index (χ0n) is 17.5. The Labute approximate surface area is 177 Å². The molecule has 2 N–H and O–H groups in total. The van der Waals surface area contributed by atoms with Gasteiger partial charge >= 0.3 is 6.03 Å². The molecule has 0 unspecified atom stereocenters. The first kappa shape index (κ1) is 19.6. The lowest BCUT2D eigenvalue weighted by Gasteiger charge is -2.16. The minimum absolute atomic E-state index is 0.0863. The number of urea groups is 1. The molecule has 1 aromatic carbocycles. The van der Waals surface area contributed by atoms with Crippen molar-refractivity contribution in [2.24, 2.45) is 0 Å². The molecule has 0 bridgehead atoms. The van der Waals surface area contributed by atoms with Gasteiger partial charge in [-0.3, -0.25) is 4.68 Å². The smallest absolute Gasteiger partial charge is 0.307 e. The van der Waals surface area contributed by atoms with Crippen molar-refractivity contribution in [1.29, 1.82) is 0 Å². The van der Waals surface area contributed by atoms with E-state index in [2.05, 4.69) is 21.2 Å². The number of carbonyl (C=O) groups is 1. The third-order valence-electron chi connectivity index (χ3n) is 6.44. The van der Waals surface area contributed by atoms with Crippen molar-refractivity contribution in [1.82, 2.24) is 14.5 Å². The summed E-state index contributed by atoms with van der Waals surface area (Å²) < 4.78 is 29.8. The molecular weight excluding hydrogens is 400 g/mol. The molecular formula is C22H28N4O3S. The molecule has 1 heterocycles. The average molecular weight is 429 g/mol. The summed E-state index contributed by atoms with van der Waals surface area (Å²) in [4.78, 5) is 12.7. The lowest BCUT2D eigenvalue weighted by atomic mass is 9.99. The normalized spacial score (nSPS) is 17.8. The van der Waals surface area contributed by atoms with Crippen molar-refractivity contribution >= 4 is 21.7 Å². The van der Waals surface area contributed by atoms with Gasteiger partial charge in [-0.2, -0.15) is 13.5 Å². The number of rotatable bonds is 5. The fourth-order valence-electron chi connectivity index (χ4n) is 4.84. The number of anilines is 1. The number of carbonyl (C=O) groups excluding carboxylic acids is 1. The van der Waals surface area contributed by atoms with E-state index in [0.717, 1.165) is 62.7 Å². The minimum Gasteiger partial charge on any atom is -0.307 e. The molecule has 3 aliphatic rings. The van der Waals surface area contributed by atoms with Crippen LogP contribution in [0.25, 0.3) is 0 Å². The third-order valence-corrected chi connectivity index (χ3v) is 7.64. The monoisotopic (exact) mass is 428 g/mol. The van der Waals surface area contributed by atoms with Crippen LogP contribution >= 0.6 is 0 Å². The second-order valence-electron chi connectivity index (χ2n) is 9.03. The zero-order chi connectivity index (χ0) is 21.0. The van der Waals surface area contributed by atoms with Crippen LogP contribution in [0.4, 0.5) is 10.5 Å². The van der Waals surface area contributed by atoms with E-state index in [1.54, 1.807) is 6.07 Å². The molecule has 0 spiro atoms. The molecule has 2 amide bonds. The van der Waals surface area contributed by atoms with Gasteiger partial charge in [0, 0.05) is 17.4 Å². The van der Waals surface area contributed by atoms with Gasteiger partial charge in [-0.05, 0) is 79.5 Å². The highest BCUT2D eigenvalue weighted by atomic mass is 32.2. The number of aromatic nitrogens is 2. The van der Waals surface area contributed by atoms with Gasteiger partial charge in [-0.15, -0.1) is 0 Å². The van der Waals surface area contributed by atoms with Crippen LogP contribution in [0, 0.1) is 0 Å². The Balaban J connectivity index is 1.40. The second-order valence-corrected chi connectivity index (χ2v) is 10.7. The first-order valence-corrected chi connectivity index (χ1v) is 12.4. The van der Waals surface area contributed by atoms with E-state index in [4.69, 9.17) is 0 Å². The number of hydrogen-bond acceptors (Lipinski definition) is 4. The molecule has 7 nitrogen and oxygen atoms in total. The van der Waals surface area contributed by atoms with E-state index in [1.165, 1.54) is 22.3 Å². The number of hydrogen-bond donors (Lipinski definition) is 2. The molecule has 1 aromatic heterocycles. The van der Waals surface area contributed by atoms with Crippen LogP contribution in [0.15, 0.2) is 17.2 Å². The Hall–Kier alpha value is -2.35. The quantitative estimate of drug-likeness (QED) is 0.757. The summed E-state index contributed by atoms with van der Waals surface area (Å²) in [6.07, 6.45) is 8.06. The van der Waals surface area contributed by atoms with Crippen molar-refractivity contribution in [3.8, 4) is 0 Å². The molecule has 1 saturated carbocycles. The van der Waals surface area contributed by atoms with Gasteiger partial charge in [0.05, 0.1) is 6.04 Å². The summed E-state index contributed by atoms with van der Waals surface area (Å²) in [5.74, 6) is 0.158. The number of nitrogens with one attached hydrogen (secondary N) is 2. The standard InChI is InChI=1S/C22H28N4O3S/c1-13(2)19-12-20(24-26(19)16-9-10-16)30(28,29)25-22(27)23-21-17-7-3-5-14(17)11-15-6-4-8-18(15)21/h11-13,16H,3-10H2,1-2H3,(H2,23,25,27). The van der Waals surface area contributed by atoms with Crippen LogP contribution in [0.3, 0.4) is 0 Å². The van der Waals surface area contributed by atoms with Crippen LogP contribution in [0.2, 0.25) is 0 Å². The summed E-state index contributed by atoms with van der Waals surface area (Å²) in [6.45, 7) is 4.03. The Kier molecular flexibility index (Phi) is 4.65. The molecule has 2 aromatic rings. The van der Waals surface area contributed by atoms with E-state index >= 15 is 0 Å². The van der Waals surface area contributed by atoms with Gasteiger partial charge in [0.2, 0.25) is 0 Å². The number of aryl methyl sites for hydroxylation is 2. The van der Waals surface area contributed by atoms with Gasteiger partial charge in [-0.25, -0.2) is 9.52 Å². The van der Waals surface area contributed by atoms with Crippen LogP contribution in [-0.4, -0.2) is 24.2 Å². The van der Waals surface area contributed by atoms with E-state index < -0.39 is 16.1 Å². The molecule has 5 rings (SSSR count). The van der Waals surface area contributed by atoms with Crippen molar-refractivity contribution in [3.05, 3.63) is 40.1 Å². The molecule has 30 heavy (non-hydrogen) atoms. The Bertz CT molecular complexity index is 1080. The summed E-state index contributed by atoms with van der Waals surface area (Å²) in [5.41, 5.74) is 6.64. The average Bonchev–Trinajstić information content (AvgIpc) is 3.10. The van der Waals surface area contributed by atoms with Crippen molar-refractivity contribution in [2.75, 3.05) is 5.32 Å².